The smallest absolute Gasteiger partial charge is 0.267 e. The molecule has 0 aliphatic rings. The molecule has 2 aromatic rings. The Balaban J connectivity index is 2.13. The lowest BCUT2D eigenvalue weighted by molar-refractivity contribution is -0.385. The standard InChI is InChI=1S/C15H12ClN3O4/c1-9-4-2-7-12(13(9)19(22)23)15(21)18-17-14(20)10-5-3-6-11(16)8-10/h2-8H,1H3,(H,17,20)(H,18,21). The number of benzene rings is 2. The van der Waals surface area contributed by atoms with Crippen LogP contribution in [0.3, 0.4) is 0 Å². The van der Waals surface area contributed by atoms with E-state index < -0.39 is 16.7 Å². The summed E-state index contributed by atoms with van der Waals surface area (Å²) in [7, 11) is 0. The summed E-state index contributed by atoms with van der Waals surface area (Å²) in [6, 6.07) is 10.5. The van der Waals surface area contributed by atoms with Crippen LogP contribution in [-0.4, -0.2) is 16.7 Å². The Morgan fingerprint density at radius 1 is 1.09 bits per heavy atom. The van der Waals surface area contributed by atoms with E-state index in [4.69, 9.17) is 11.6 Å². The molecule has 0 aromatic heterocycles. The lowest BCUT2D eigenvalue weighted by Gasteiger charge is -2.09. The van der Waals surface area contributed by atoms with Crippen molar-refractivity contribution in [3.8, 4) is 0 Å². The number of rotatable bonds is 3. The fourth-order valence-electron chi connectivity index (χ4n) is 1.97. The third-order valence-corrected chi connectivity index (χ3v) is 3.28. The molecule has 0 saturated carbocycles. The van der Waals surface area contributed by atoms with E-state index in [9.17, 15) is 19.7 Å². The van der Waals surface area contributed by atoms with Gasteiger partial charge >= 0.3 is 0 Å². The molecule has 23 heavy (non-hydrogen) atoms. The number of nitro groups is 1. The van der Waals surface area contributed by atoms with E-state index in [2.05, 4.69) is 10.9 Å². The molecule has 7 nitrogen and oxygen atoms in total. The highest BCUT2D eigenvalue weighted by Crippen LogP contribution is 2.22. The van der Waals surface area contributed by atoms with Gasteiger partial charge in [-0.05, 0) is 31.2 Å². The molecule has 2 aromatic carbocycles. The van der Waals surface area contributed by atoms with Crippen molar-refractivity contribution in [3.63, 3.8) is 0 Å². The highest BCUT2D eigenvalue weighted by Gasteiger charge is 2.22. The van der Waals surface area contributed by atoms with Gasteiger partial charge in [0.2, 0.25) is 0 Å². The van der Waals surface area contributed by atoms with E-state index >= 15 is 0 Å². The summed E-state index contributed by atoms with van der Waals surface area (Å²) in [5.41, 5.74) is 4.50. The fraction of sp³-hybridized carbons (Fsp3) is 0.0667. The van der Waals surface area contributed by atoms with Gasteiger partial charge in [0.05, 0.1) is 4.92 Å². The second-order valence-electron chi connectivity index (χ2n) is 4.65. The molecule has 118 valence electrons. The molecule has 2 rings (SSSR count). The average Bonchev–Trinajstić information content (AvgIpc) is 2.51. The molecule has 0 radical (unpaired) electrons. The third-order valence-electron chi connectivity index (χ3n) is 3.04. The molecule has 0 heterocycles. The maximum Gasteiger partial charge on any atom is 0.285 e. The van der Waals surface area contributed by atoms with Gasteiger partial charge in [-0.1, -0.05) is 29.8 Å². The number of carbonyl (C=O) groups is 2. The van der Waals surface area contributed by atoms with E-state index in [0.29, 0.717) is 10.6 Å². The average molecular weight is 334 g/mol. The minimum Gasteiger partial charge on any atom is -0.267 e. The van der Waals surface area contributed by atoms with Crippen molar-refractivity contribution in [3.05, 3.63) is 74.3 Å². The molecular weight excluding hydrogens is 322 g/mol. The Kier molecular flexibility index (Phi) is 4.92. The summed E-state index contributed by atoms with van der Waals surface area (Å²) in [6.45, 7) is 1.53. The minimum absolute atomic E-state index is 0.138. The predicted octanol–water partition coefficient (Wildman–Crippen LogP) is 2.63. The number of hydrazine groups is 1. The van der Waals surface area contributed by atoms with Crippen molar-refractivity contribution in [2.24, 2.45) is 0 Å². The van der Waals surface area contributed by atoms with Gasteiger partial charge in [-0.25, -0.2) is 0 Å². The van der Waals surface area contributed by atoms with Gasteiger partial charge < -0.3 is 0 Å². The maximum absolute atomic E-state index is 12.1. The number of carbonyl (C=O) groups excluding carboxylic acids is 2. The van der Waals surface area contributed by atoms with E-state index in [1.165, 1.54) is 37.3 Å². The van der Waals surface area contributed by atoms with Crippen molar-refractivity contribution in [1.29, 1.82) is 0 Å². The van der Waals surface area contributed by atoms with Crippen LogP contribution in [-0.2, 0) is 0 Å². The number of hydrogen-bond donors (Lipinski definition) is 2. The SMILES string of the molecule is Cc1cccc(C(=O)NNC(=O)c2cccc(Cl)c2)c1[N+](=O)[O-]. The van der Waals surface area contributed by atoms with Crippen molar-refractivity contribution in [2.45, 2.75) is 6.92 Å². The Hall–Kier alpha value is -2.93. The first-order valence-electron chi connectivity index (χ1n) is 6.50. The van der Waals surface area contributed by atoms with E-state index in [1.807, 2.05) is 0 Å². The molecule has 2 amide bonds. The van der Waals surface area contributed by atoms with Crippen LogP contribution in [0.25, 0.3) is 0 Å². The first-order chi connectivity index (χ1) is 10.9. The molecular formula is C15H12ClN3O4. The molecule has 8 heteroatoms. The summed E-state index contributed by atoms with van der Waals surface area (Å²) in [6.07, 6.45) is 0. The lowest BCUT2D eigenvalue weighted by Crippen LogP contribution is -2.41. The number of aryl methyl sites for hydroxylation is 1. The number of nitrogens with zero attached hydrogens (tertiary/aromatic N) is 1. The third kappa shape index (κ3) is 3.83. The van der Waals surface area contributed by atoms with E-state index in [0.717, 1.165) is 0 Å². The first-order valence-corrected chi connectivity index (χ1v) is 6.88. The van der Waals surface area contributed by atoms with Crippen LogP contribution in [0.1, 0.15) is 26.3 Å². The van der Waals surface area contributed by atoms with Crippen LogP contribution in [0.15, 0.2) is 42.5 Å². The number of nitro benzene ring substituents is 1. The minimum atomic E-state index is -0.782. The van der Waals surface area contributed by atoms with Gasteiger partial charge in [0.15, 0.2) is 0 Å². The van der Waals surface area contributed by atoms with Crippen molar-refractivity contribution in [2.75, 3.05) is 0 Å². The fourth-order valence-corrected chi connectivity index (χ4v) is 2.16. The van der Waals surface area contributed by atoms with Crippen molar-refractivity contribution in [1.82, 2.24) is 10.9 Å². The second kappa shape index (κ2) is 6.89. The zero-order valence-electron chi connectivity index (χ0n) is 12.0. The molecule has 0 fully saturated rings. The highest BCUT2D eigenvalue weighted by molar-refractivity contribution is 6.30. The van der Waals surface area contributed by atoms with Gasteiger partial charge in [0.25, 0.3) is 17.5 Å². The van der Waals surface area contributed by atoms with Gasteiger partial charge in [0, 0.05) is 16.1 Å². The molecule has 0 aliphatic heterocycles. The highest BCUT2D eigenvalue weighted by atomic mass is 35.5. The summed E-state index contributed by atoms with van der Waals surface area (Å²) in [4.78, 5) is 34.4. The molecule has 0 unspecified atom stereocenters. The summed E-state index contributed by atoms with van der Waals surface area (Å²) >= 11 is 5.78. The largest absolute Gasteiger partial charge is 0.285 e. The van der Waals surface area contributed by atoms with Crippen LogP contribution in [0, 0.1) is 17.0 Å². The van der Waals surface area contributed by atoms with Gasteiger partial charge in [-0.2, -0.15) is 0 Å². The zero-order chi connectivity index (χ0) is 17.0. The van der Waals surface area contributed by atoms with E-state index in [-0.39, 0.29) is 16.8 Å². The van der Waals surface area contributed by atoms with Gasteiger partial charge in [-0.3, -0.25) is 30.6 Å². The molecule has 0 spiro atoms. The summed E-state index contributed by atoms with van der Waals surface area (Å²) in [5, 5.41) is 11.4. The predicted molar refractivity (Wildman–Crippen MR) is 84.2 cm³/mol. The Labute approximate surface area is 136 Å². The lowest BCUT2D eigenvalue weighted by atomic mass is 10.1. The van der Waals surface area contributed by atoms with Crippen LogP contribution in [0.5, 0.6) is 0 Å². The van der Waals surface area contributed by atoms with Crippen LogP contribution >= 0.6 is 11.6 Å². The van der Waals surface area contributed by atoms with Crippen molar-refractivity contribution >= 4 is 29.1 Å². The molecule has 2 N–H and O–H groups in total. The Morgan fingerprint density at radius 2 is 1.74 bits per heavy atom. The van der Waals surface area contributed by atoms with Crippen LogP contribution in [0.4, 0.5) is 5.69 Å². The summed E-state index contributed by atoms with van der Waals surface area (Å²) < 4.78 is 0. The zero-order valence-corrected chi connectivity index (χ0v) is 12.8. The van der Waals surface area contributed by atoms with Gasteiger partial charge in [0.1, 0.15) is 5.56 Å². The quantitative estimate of drug-likeness (QED) is 0.665. The molecule has 0 saturated heterocycles. The van der Waals surface area contributed by atoms with Crippen molar-refractivity contribution < 1.29 is 14.5 Å². The van der Waals surface area contributed by atoms with Gasteiger partial charge in [-0.15, -0.1) is 0 Å². The first kappa shape index (κ1) is 16.4. The monoisotopic (exact) mass is 333 g/mol. The second-order valence-corrected chi connectivity index (χ2v) is 5.08. The van der Waals surface area contributed by atoms with Crippen LogP contribution < -0.4 is 10.9 Å². The number of para-hydroxylation sites is 1. The maximum atomic E-state index is 12.1. The topological polar surface area (TPSA) is 101 Å². The molecule has 0 bridgehead atoms. The number of nitrogens with one attached hydrogen (secondary N) is 2. The number of amides is 2. The Morgan fingerprint density at radius 3 is 2.39 bits per heavy atom. The van der Waals surface area contributed by atoms with E-state index in [1.54, 1.807) is 12.1 Å². The molecule has 0 aliphatic carbocycles. The number of hydrogen-bond acceptors (Lipinski definition) is 4. The Bertz CT molecular complexity index is 792. The summed E-state index contributed by atoms with van der Waals surface area (Å²) in [5.74, 6) is -1.37. The normalized spacial score (nSPS) is 10.0. The molecule has 0 atom stereocenters. The number of halogens is 1. The van der Waals surface area contributed by atoms with Crippen LogP contribution in [0.2, 0.25) is 5.02 Å².